The van der Waals surface area contributed by atoms with Gasteiger partial charge >= 0.3 is 0 Å². The first-order valence-electron chi connectivity index (χ1n) is 6.09. The smallest absolute Gasteiger partial charge is 0.202 e. The van der Waals surface area contributed by atoms with E-state index in [4.69, 9.17) is 10.5 Å². The summed E-state index contributed by atoms with van der Waals surface area (Å²) in [5.41, 5.74) is 6.09. The molecular weight excluding hydrogens is 236 g/mol. The number of hydrogen-bond acceptors (Lipinski definition) is 6. The van der Waals surface area contributed by atoms with Gasteiger partial charge in [-0.3, -0.25) is 0 Å². The first-order valence-corrected chi connectivity index (χ1v) is 6.86. The molecule has 0 aliphatic heterocycles. The molecule has 17 heavy (non-hydrogen) atoms. The van der Waals surface area contributed by atoms with Crippen molar-refractivity contribution in [3.8, 4) is 0 Å². The maximum Gasteiger partial charge on any atom is 0.202 e. The second-order valence-corrected chi connectivity index (χ2v) is 5.29. The van der Waals surface area contributed by atoms with Crippen LogP contribution in [0.2, 0.25) is 0 Å². The van der Waals surface area contributed by atoms with Gasteiger partial charge in [0.25, 0.3) is 0 Å². The molecule has 3 unspecified atom stereocenters. The first-order chi connectivity index (χ1) is 8.20. The molecule has 0 spiro atoms. The van der Waals surface area contributed by atoms with Crippen LogP contribution < -0.4 is 11.1 Å². The first kappa shape index (κ1) is 12.7. The van der Waals surface area contributed by atoms with Gasteiger partial charge in [0, 0.05) is 30.7 Å². The molecule has 3 atom stereocenters. The second-order valence-electron chi connectivity index (χ2n) is 4.53. The zero-order chi connectivity index (χ0) is 12.3. The van der Waals surface area contributed by atoms with Crippen LogP contribution >= 0.6 is 11.5 Å². The highest BCUT2D eigenvalue weighted by Crippen LogP contribution is 2.23. The van der Waals surface area contributed by atoms with E-state index in [1.165, 1.54) is 24.4 Å². The number of nitrogens with one attached hydrogen (secondary N) is 1. The van der Waals surface area contributed by atoms with Crippen LogP contribution in [0.1, 0.15) is 44.5 Å². The minimum absolute atomic E-state index is 0.0539. The lowest BCUT2D eigenvalue weighted by atomic mass is 9.91. The van der Waals surface area contributed by atoms with Crippen LogP contribution in [-0.4, -0.2) is 28.6 Å². The molecule has 5 nitrogen and oxygen atoms in total. The van der Waals surface area contributed by atoms with E-state index in [1.54, 1.807) is 7.11 Å². The highest BCUT2D eigenvalue weighted by Gasteiger charge is 2.23. The summed E-state index contributed by atoms with van der Waals surface area (Å²) in [7, 11) is 1.66. The number of methoxy groups -OCH3 is 1. The number of nitrogens with two attached hydrogens (primary N) is 1. The summed E-state index contributed by atoms with van der Waals surface area (Å²) in [6.45, 7) is 1.94. The molecule has 0 saturated heterocycles. The Morgan fingerprint density at radius 3 is 2.94 bits per heavy atom. The Bertz CT molecular complexity index is 357. The molecule has 1 aromatic rings. The van der Waals surface area contributed by atoms with Gasteiger partial charge in [-0.1, -0.05) is 12.8 Å². The molecule has 1 aliphatic rings. The molecule has 1 aromatic heterocycles. The Hall–Kier alpha value is -0.720. The summed E-state index contributed by atoms with van der Waals surface area (Å²) < 4.78 is 9.47. The average Bonchev–Trinajstić information content (AvgIpc) is 2.80. The van der Waals surface area contributed by atoms with Crippen molar-refractivity contribution >= 4 is 16.7 Å². The van der Waals surface area contributed by atoms with E-state index in [-0.39, 0.29) is 12.1 Å². The van der Waals surface area contributed by atoms with Gasteiger partial charge in [-0.25, -0.2) is 4.98 Å². The van der Waals surface area contributed by atoms with E-state index >= 15 is 0 Å². The second kappa shape index (κ2) is 5.75. The highest BCUT2D eigenvalue weighted by atomic mass is 32.1. The lowest BCUT2D eigenvalue weighted by Gasteiger charge is -2.28. The van der Waals surface area contributed by atoms with E-state index in [1.807, 2.05) is 6.92 Å². The Labute approximate surface area is 106 Å². The van der Waals surface area contributed by atoms with Gasteiger partial charge in [0.05, 0.1) is 0 Å². The lowest BCUT2D eigenvalue weighted by molar-refractivity contribution is 0.113. The fraction of sp³-hybridized carbons (Fsp3) is 0.818. The SMILES string of the molecule is COC(C)c1nsc(NC2CCCCC2N)n1. The summed E-state index contributed by atoms with van der Waals surface area (Å²) in [4.78, 5) is 4.43. The Morgan fingerprint density at radius 2 is 2.24 bits per heavy atom. The fourth-order valence-electron chi connectivity index (χ4n) is 2.06. The van der Waals surface area contributed by atoms with E-state index in [0.717, 1.165) is 23.8 Å². The maximum absolute atomic E-state index is 6.09. The van der Waals surface area contributed by atoms with Crippen molar-refractivity contribution in [2.75, 3.05) is 12.4 Å². The quantitative estimate of drug-likeness (QED) is 0.861. The van der Waals surface area contributed by atoms with Gasteiger partial charge in [-0.05, 0) is 19.8 Å². The van der Waals surface area contributed by atoms with Gasteiger partial charge < -0.3 is 15.8 Å². The predicted molar refractivity (Wildman–Crippen MR) is 69.2 cm³/mol. The van der Waals surface area contributed by atoms with Crippen LogP contribution in [0.5, 0.6) is 0 Å². The third kappa shape index (κ3) is 3.14. The standard InChI is InChI=1S/C11H20N4OS/c1-7(16-2)10-14-11(17-15-10)13-9-6-4-3-5-8(9)12/h7-9H,3-6,12H2,1-2H3,(H,13,14,15). The Balaban J connectivity index is 1.96. The molecule has 1 heterocycles. The zero-order valence-electron chi connectivity index (χ0n) is 10.3. The zero-order valence-corrected chi connectivity index (χ0v) is 11.2. The summed E-state index contributed by atoms with van der Waals surface area (Å²) in [5, 5.41) is 4.25. The molecule has 2 rings (SSSR count). The molecule has 96 valence electrons. The van der Waals surface area contributed by atoms with Crippen molar-refractivity contribution < 1.29 is 4.74 Å². The van der Waals surface area contributed by atoms with Gasteiger partial charge in [0.15, 0.2) is 5.82 Å². The minimum atomic E-state index is -0.0539. The number of nitrogens with zero attached hydrogens (tertiary/aromatic N) is 2. The van der Waals surface area contributed by atoms with Crippen LogP contribution in [0.15, 0.2) is 0 Å². The van der Waals surface area contributed by atoms with Gasteiger partial charge in [-0.2, -0.15) is 4.37 Å². The van der Waals surface area contributed by atoms with Crippen LogP contribution in [-0.2, 0) is 4.74 Å². The van der Waals surface area contributed by atoms with Crippen LogP contribution in [0.3, 0.4) is 0 Å². The molecule has 0 amide bonds. The molecular formula is C11H20N4OS. The fourth-order valence-corrected chi connectivity index (χ4v) is 2.77. The molecule has 1 fully saturated rings. The van der Waals surface area contributed by atoms with Gasteiger partial charge in [0.2, 0.25) is 5.13 Å². The molecule has 0 bridgehead atoms. The molecule has 6 heteroatoms. The minimum Gasteiger partial charge on any atom is -0.374 e. The lowest BCUT2D eigenvalue weighted by Crippen LogP contribution is -2.42. The number of aromatic nitrogens is 2. The number of rotatable bonds is 4. The summed E-state index contributed by atoms with van der Waals surface area (Å²) >= 11 is 1.38. The Morgan fingerprint density at radius 1 is 1.47 bits per heavy atom. The molecule has 1 saturated carbocycles. The van der Waals surface area contributed by atoms with E-state index in [0.29, 0.717) is 6.04 Å². The topological polar surface area (TPSA) is 73.1 Å². The average molecular weight is 256 g/mol. The van der Waals surface area contributed by atoms with Crippen molar-refractivity contribution in [1.82, 2.24) is 9.36 Å². The third-order valence-corrected chi connectivity index (χ3v) is 3.95. The van der Waals surface area contributed by atoms with Crippen molar-refractivity contribution in [3.63, 3.8) is 0 Å². The van der Waals surface area contributed by atoms with Crippen LogP contribution in [0, 0.1) is 0 Å². The van der Waals surface area contributed by atoms with E-state index < -0.39 is 0 Å². The van der Waals surface area contributed by atoms with Crippen molar-refractivity contribution in [3.05, 3.63) is 5.82 Å². The Kier molecular flexibility index (Phi) is 4.31. The third-order valence-electron chi connectivity index (χ3n) is 3.29. The monoisotopic (exact) mass is 256 g/mol. The largest absolute Gasteiger partial charge is 0.374 e. The van der Waals surface area contributed by atoms with Crippen molar-refractivity contribution in [2.45, 2.75) is 50.8 Å². The maximum atomic E-state index is 6.09. The van der Waals surface area contributed by atoms with Crippen LogP contribution in [0.4, 0.5) is 5.13 Å². The summed E-state index contributed by atoms with van der Waals surface area (Å²) in [6, 6.07) is 0.568. The van der Waals surface area contributed by atoms with Gasteiger partial charge in [-0.15, -0.1) is 0 Å². The molecule has 0 radical (unpaired) electrons. The number of hydrogen-bond donors (Lipinski definition) is 2. The number of anilines is 1. The van der Waals surface area contributed by atoms with E-state index in [9.17, 15) is 0 Å². The summed E-state index contributed by atoms with van der Waals surface area (Å²) in [5.74, 6) is 0.740. The summed E-state index contributed by atoms with van der Waals surface area (Å²) in [6.07, 6.45) is 4.64. The highest BCUT2D eigenvalue weighted by molar-refractivity contribution is 7.09. The van der Waals surface area contributed by atoms with Crippen molar-refractivity contribution in [1.29, 1.82) is 0 Å². The van der Waals surface area contributed by atoms with Crippen LogP contribution in [0.25, 0.3) is 0 Å². The molecule has 1 aliphatic carbocycles. The van der Waals surface area contributed by atoms with Crippen molar-refractivity contribution in [2.24, 2.45) is 5.73 Å². The molecule has 3 N–H and O–H groups in total. The normalized spacial score (nSPS) is 26.8. The number of ether oxygens (including phenoxy) is 1. The van der Waals surface area contributed by atoms with E-state index in [2.05, 4.69) is 14.7 Å². The molecule has 0 aromatic carbocycles. The van der Waals surface area contributed by atoms with Gasteiger partial charge in [0.1, 0.15) is 6.10 Å². The predicted octanol–water partition coefficient (Wildman–Crippen LogP) is 1.93.